The number of carbonyl (C=O) groups excluding carboxylic acids is 1. The predicted octanol–water partition coefficient (Wildman–Crippen LogP) is 3.59. The van der Waals surface area contributed by atoms with E-state index in [2.05, 4.69) is 0 Å². The lowest BCUT2D eigenvalue weighted by Gasteiger charge is -2.21. The molecule has 4 heterocycles. The fraction of sp³-hybridized carbons (Fsp3) is 0.375. The number of hydrogen-bond donors (Lipinski definition) is 1. The van der Waals surface area contributed by atoms with Crippen molar-refractivity contribution in [3.05, 3.63) is 63.4 Å². The van der Waals surface area contributed by atoms with Crippen LogP contribution in [0.3, 0.4) is 0 Å². The normalized spacial score (nSPS) is 18.5. The smallest absolute Gasteiger partial charge is 0.330 e. The Labute approximate surface area is 197 Å². The van der Waals surface area contributed by atoms with Crippen molar-refractivity contribution in [3.63, 3.8) is 0 Å². The van der Waals surface area contributed by atoms with E-state index in [1.54, 1.807) is 11.5 Å². The maximum absolute atomic E-state index is 13.4. The fourth-order valence-electron chi connectivity index (χ4n) is 4.50. The van der Waals surface area contributed by atoms with Crippen LogP contribution in [0.2, 0.25) is 0 Å². The summed E-state index contributed by atoms with van der Waals surface area (Å²) in [6.45, 7) is 3.14. The molecule has 2 aromatic heterocycles. The number of aromatic nitrogens is 2. The van der Waals surface area contributed by atoms with E-state index in [0.29, 0.717) is 36.4 Å². The molecule has 34 heavy (non-hydrogen) atoms. The second kappa shape index (κ2) is 9.90. The van der Waals surface area contributed by atoms with Gasteiger partial charge in [-0.3, -0.25) is 9.59 Å². The van der Waals surface area contributed by atoms with Crippen LogP contribution in [0, 0.1) is 0 Å². The molecule has 3 aromatic rings. The lowest BCUT2D eigenvalue weighted by atomic mass is 10.0. The average Bonchev–Trinajstić information content (AvgIpc) is 3.48. The van der Waals surface area contributed by atoms with E-state index in [0.717, 1.165) is 35.0 Å². The van der Waals surface area contributed by atoms with Crippen LogP contribution in [0.25, 0.3) is 22.3 Å². The minimum Gasteiger partial charge on any atom is -0.463 e. The van der Waals surface area contributed by atoms with Crippen molar-refractivity contribution in [2.45, 2.75) is 45.1 Å². The third-order valence-electron chi connectivity index (χ3n) is 6.19. The van der Waals surface area contributed by atoms with E-state index in [-0.39, 0.29) is 24.9 Å². The van der Waals surface area contributed by atoms with Crippen LogP contribution >= 0.6 is 8.60 Å². The Kier molecular flexibility index (Phi) is 6.72. The average molecular weight is 484 g/mol. The second-order valence-electron chi connectivity index (χ2n) is 8.37. The molecular weight excluding hydrogens is 459 g/mol. The molecule has 1 aromatic carbocycles. The lowest BCUT2D eigenvalue weighted by molar-refractivity contribution is -0.129. The van der Waals surface area contributed by atoms with Gasteiger partial charge in [-0.1, -0.05) is 18.2 Å². The molecule has 178 valence electrons. The Morgan fingerprint density at radius 1 is 1.35 bits per heavy atom. The van der Waals surface area contributed by atoms with E-state index >= 15 is 0 Å². The third-order valence-corrected chi connectivity index (χ3v) is 7.05. The first-order valence-corrected chi connectivity index (χ1v) is 12.3. The van der Waals surface area contributed by atoms with Gasteiger partial charge >= 0.3 is 8.60 Å². The summed E-state index contributed by atoms with van der Waals surface area (Å²) in [6, 6.07) is 11.7. The first-order valence-electron chi connectivity index (χ1n) is 11.2. The van der Waals surface area contributed by atoms with E-state index in [9.17, 15) is 14.5 Å². The zero-order valence-corrected chi connectivity index (χ0v) is 19.6. The van der Waals surface area contributed by atoms with Gasteiger partial charge in [0.25, 0.3) is 12.0 Å². The number of nitrogens with zero attached hydrogens (tertiary/aromatic N) is 2. The largest absolute Gasteiger partial charge is 0.463 e. The highest BCUT2D eigenvalue weighted by Gasteiger charge is 2.28. The summed E-state index contributed by atoms with van der Waals surface area (Å²) in [7, 11) is -2.19. The van der Waals surface area contributed by atoms with Gasteiger partial charge in [0.15, 0.2) is 0 Å². The first kappa shape index (κ1) is 23.1. The molecule has 3 unspecified atom stereocenters. The van der Waals surface area contributed by atoms with Crippen LogP contribution in [-0.2, 0) is 36.5 Å². The Balaban J connectivity index is 1.46. The molecule has 0 bridgehead atoms. The van der Waals surface area contributed by atoms with Crippen LogP contribution < -0.4 is 5.56 Å². The monoisotopic (exact) mass is 484 g/mol. The summed E-state index contributed by atoms with van der Waals surface area (Å²) < 4.78 is 23.3. The molecule has 1 saturated heterocycles. The summed E-state index contributed by atoms with van der Waals surface area (Å²) in [6.07, 6.45) is 1.12. The number of carbonyl (C=O) groups is 1. The quantitative estimate of drug-likeness (QED) is 0.284. The maximum Gasteiger partial charge on any atom is 0.330 e. The number of ether oxygens (including phenoxy) is 2. The molecule has 5 rings (SSSR count). The van der Waals surface area contributed by atoms with Gasteiger partial charge < -0.3 is 28.0 Å². The summed E-state index contributed by atoms with van der Waals surface area (Å²) in [5.41, 5.74) is 3.69. The topological polar surface area (TPSA) is 109 Å². The molecule has 1 N–H and O–H groups in total. The van der Waals surface area contributed by atoms with Gasteiger partial charge in [0.1, 0.15) is 6.61 Å². The van der Waals surface area contributed by atoms with Crippen molar-refractivity contribution in [1.82, 2.24) is 9.55 Å². The second-order valence-corrected chi connectivity index (χ2v) is 9.31. The highest BCUT2D eigenvalue weighted by molar-refractivity contribution is 7.40. The van der Waals surface area contributed by atoms with Gasteiger partial charge in [-0.25, -0.2) is 4.98 Å². The molecule has 0 spiro atoms. The van der Waals surface area contributed by atoms with Crippen LogP contribution in [0.15, 0.2) is 41.2 Å². The SMILES string of the molecule is CC(OP(O)OCC1CCCO1)c1cc2n(c(=O)c1COC=O)Cc1cc3ccccc3nc1-2. The third kappa shape index (κ3) is 4.50. The van der Waals surface area contributed by atoms with Gasteiger partial charge in [0.05, 0.1) is 47.8 Å². The van der Waals surface area contributed by atoms with Crippen molar-refractivity contribution < 1.29 is 28.2 Å². The van der Waals surface area contributed by atoms with Crippen molar-refractivity contribution in [2.24, 2.45) is 0 Å². The Bertz CT molecular complexity index is 1270. The Hall–Kier alpha value is -2.68. The molecule has 3 atom stereocenters. The fourth-order valence-corrected chi connectivity index (χ4v) is 5.24. The molecule has 0 saturated carbocycles. The number of fused-ring (bicyclic) bond motifs is 4. The van der Waals surface area contributed by atoms with Gasteiger partial charge in [-0.15, -0.1) is 0 Å². The van der Waals surface area contributed by atoms with E-state index in [4.69, 9.17) is 23.5 Å². The van der Waals surface area contributed by atoms with Crippen molar-refractivity contribution in [2.75, 3.05) is 13.2 Å². The van der Waals surface area contributed by atoms with Crippen molar-refractivity contribution in [1.29, 1.82) is 0 Å². The van der Waals surface area contributed by atoms with Gasteiger partial charge in [-0.2, -0.15) is 0 Å². The van der Waals surface area contributed by atoms with Gasteiger partial charge in [0, 0.05) is 17.6 Å². The first-order chi connectivity index (χ1) is 16.5. The zero-order chi connectivity index (χ0) is 23.7. The van der Waals surface area contributed by atoms with E-state index in [1.807, 2.05) is 36.4 Å². The molecule has 1 fully saturated rings. The standard InChI is InChI=1S/C24H25N2O7P/c1-15(33-34(29)32-12-18-6-4-8-31-18)19-10-22-23-17(9-16-5-2-3-7-21(16)25-23)11-26(22)24(28)20(19)13-30-14-27/h2-3,5,7,9-10,14-15,18,29H,4,6,8,11-13H2,1H3. The molecule has 0 aliphatic carbocycles. The number of para-hydroxylation sites is 1. The summed E-state index contributed by atoms with van der Waals surface area (Å²) >= 11 is 0. The highest BCUT2D eigenvalue weighted by Crippen LogP contribution is 2.42. The molecule has 10 heteroatoms. The summed E-state index contributed by atoms with van der Waals surface area (Å²) in [5, 5.41) is 0.998. The summed E-state index contributed by atoms with van der Waals surface area (Å²) in [4.78, 5) is 39.4. The number of rotatable bonds is 9. The summed E-state index contributed by atoms with van der Waals surface area (Å²) in [5.74, 6) is 0. The van der Waals surface area contributed by atoms with E-state index in [1.165, 1.54) is 0 Å². The Morgan fingerprint density at radius 2 is 2.21 bits per heavy atom. The lowest BCUT2D eigenvalue weighted by Crippen LogP contribution is -2.26. The van der Waals surface area contributed by atoms with Gasteiger partial charge in [0.2, 0.25) is 0 Å². The molecule has 0 radical (unpaired) electrons. The number of benzene rings is 1. The van der Waals surface area contributed by atoms with Crippen LogP contribution in [0.5, 0.6) is 0 Å². The minimum absolute atomic E-state index is 0.0466. The molecule has 2 aliphatic rings. The van der Waals surface area contributed by atoms with Crippen LogP contribution in [0.4, 0.5) is 0 Å². The van der Waals surface area contributed by atoms with E-state index < -0.39 is 14.7 Å². The molecule has 0 amide bonds. The minimum atomic E-state index is -2.19. The zero-order valence-electron chi connectivity index (χ0n) is 18.7. The van der Waals surface area contributed by atoms with Crippen molar-refractivity contribution >= 4 is 26.0 Å². The van der Waals surface area contributed by atoms with Crippen molar-refractivity contribution in [3.8, 4) is 11.4 Å². The Morgan fingerprint density at radius 3 is 3.00 bits per heavy atom. The van der Waals surface area contributed by atoms with Crippen LogP contribution in [-0.4, -0.2) is 40.2 Å². The van der Waals surface area contributed by atoms with Gasteiger partial charge in [-0.05, 0) is 43.5 Å². The van der Waals surface area contributed by atoms with Crippen LogP contribution in [0.1, 0.15) is 42.6 Å². The number of pyridine rings is 2. The number of hydrogen-bond acceptors (Lipinski definition) is 8. The predicted molar refractivity (Wildman–Crippen MR) is 125 cm³/mol. The molecule has 9 nitrogen and oxygen atoms in total. The molecular formula is C24H25N2O7P. The maximum atomic E-state index is 13.4. The highest BCUT2D eigenvalue weighted by atomic mass is 31.2. The molecule has 2 aliphatic heterocycles.